The molecule has 1 aromatic carbocycles. The fourth-order valence-corrected chi connectivity index (χ4v) is 3.35. The molecule has 1 aromatic rings. The Morgan fingerprint density at radius 3 is 3.00 bits per heavy atom. The lowest BCUT2D eigenvalue weighted by atomic mass is 9.96. The maximum Gasteiger partial charge on any atom is 0.115 e. The van der Waals surface area contributed by atoms with Crippen LogP contribution in [0.2, 0.25) is 0 Å². The standard InChI is InChI=1S/C15H21NO2/c1-15(2)10-18-8-7-16(15)14-6-3-11-9-12(17)4-5-13(11)14/h4-5,9,14,17H,3,6-8,10H2,1-2H3. The number of aromatic hydroxyl groups is 1. The number of hydrogen-bond donors (Lipinski definition) is 1. The second-order valence-corrected chi connectivity index (χ2v) is 6.00. The number of fused-ring (bicyclic) bond motifs is 1. The van der Waals surface area contributed by atoms with Crippen molar-refractivity contribution in [3.8, 4) is 5.75 Å². The van der Waals surface area contributed by atoms with Crippen LogP contribution in [0.25, 0.3) is 0 Å². The summed E-state index contributed by atoms with van der Waals surface area (Å²) < 4.78 is 5.60. The minimum absolute atomic E-state index is 0.0996. The van der Waals surface area contributed by atoms with E-state index in [1.807, 2.05) is 12.1 Å². The Hall–Kier alpha value is -1.06. The van der Waals surface area contributed by atoms with Crippen molar-refractivity contribution in [1.82, 2.24) is 4.90 Å². The third-order valence-corrected chi connectivity index (χ3v) is 4.26. The van der Waals surface area contributed by atoms with E-state index in [-0.39, 0.29) is 5.54 Å². The summed E-state index contributed by atoms with van der Waals surface area (Å²) in [7, 11) is 0. The Labute approximate surface area is 108 Å². The third kappa shape index (κ3) is 1.91. The monoisotopic (exact) mass is 247 g/mol. The van der Waals surface area contributed by atoms with Gasteiger partial charge < -0.3 is 9.84 Å². The second kappa shape index (κ2) is 4.25. The molecule has 3 nitrogen and oxygen atoms in total. The van der Waals surface area contributed by atoms with E-state index in [2.05, 4.69) is 24.8 Å². The Morgan fingerprint density at radius 1 is 1.39 bits per heavy atom. The van der Waals surface area contributed by atoms with Gasteiger partial charge in [0.2, 0.25) is 0 Å². The number of hydrogen-bond acceptors (Lipinski definition) is 3. The van der Waals surface area contributed by atoms with Gasteiger partial charge in [-0.05, 0) is 49.9 Å². The molecule has 1 unspecified atom stereocenters. The second-order valence-electron chi connectivity index (χ2n) is 6.00. The van der Waals surface area contributed by atoms with E-state index in [1.54, 1.807) is 0 Å². The summed E-state index contributed by atoms with van der Waals surface area (Å²) in [6, 6.07) is 6.31. The highest BCUT2D eigenvalue weighted by atomic mass is 16.5. The van der Waals surface area contributed by atoms with Crippen molar-refractivity contribution in [3.63, 3.8) is 0 Å². The van der Waals surface area contributed by atoms with Crippen LogP contribution in [0.1, 0.15) is 37.4 Å². The van der Waals surface area contributed by atoms with Gasteiger partial charge in [0.05, 0.1) is 13.2 Å². The molecule has 2 aliphatic rings. The Kier molecular flexibility index (Phi) is 2.83. The molecule has 0 spiro atoms. The third-order valence-electron chi connectivity index (χ3n) is 4.26. The molecule has 1 atom stereocenters. The molecule has 1 aliphatic heterocycles. The zero-order chi connectivity index (χ0) is 12.8. The van der Waals surface area contributed by atoms with Gasteiger partial charge in [0, 0.05) is 18.1 Å². The van der Waals surface area contributed by atoms with E-state index >= 15 is 0 Å². The zero-order valence-corrected chi connectivity index (χ0v) is 11.1. The first-order valence-electron chi connectivity index (χ1n) is 6.74. The van der Waals surface area contributed by atoms with Crippen LogP contribution in [0.15, 0.2) is 18.2 Å². The molecule has 0 radical (unpaired) electrons. The molecule has 3 heteroatoms. The molecule has 0 bridgehead atoms. The predicted molar refractivity (Wildman–Crippen MR) is 70.8 cm³/mol. The molecule has 1 fully saturated rings. The number of aryl methyl sites for hydroxylation is 1. The number of rotatable bonds is 1. The van der Waals surface area contributed by atoms with Crippen LogP contribution in [-0.2, 0) is 11.2 Å². The average Bonchev–Trinajstić information content (AvgIpc) is 2.71. The van der Waals surface area contributed by atoms with E-state index in [4.69, 9.17) is 4.74 Å². The minimum Gasteiger partial charge on any atom is -0.508 e. The van der Waals surface area contributed by atoms with Crippen molar-refractivity contribution in [3.05, 3.63) is 29.3 Å². The summed E-state index contributed by atoms with van der Waals surface area (Å²) >= 11 is 0. The van der Waals surface area contributed by atoms with Gasteiger partial charge in [0.1, 0.15) is 5.75 Å². The molecule has 0 saturated carbocycles. The molecule has 1 aliphatic carbocycles. The van der Waals surface area contributed by atoms with Crippen LogP contribution in [-0.4, -0.2) is 35.3 Å². The van der Waals surface area contributed by atoms with Crippen molar-refractivity contribution >= 4 is 0 Å². The highest BCUT2D eigenvalue weighted by Gasteiger charge is 2.38. The van der Waals surface area contributed by atoms with Crippen molar-refractivity contribution < 1.29 is 9.84 Å². The van der Waals surface area contributed by atoms with Crippen molar-refractivity contribution in [2.24, 2.45) is 0 Å². The van der Waals surface area contributed by atoms with Crippen LogP contribution in [0.3, 0.4) is 0 Å². The van der Waals surface area contributed by atoms with Gasteiger partial charge in [-0.15, -0.1) is 0 Å². The van der Waals surface area contributed by atoms with Gasteiger partial charge in [-0.3, -0.25) is 4.90 Å². The highest BCUT2D eigenvalue weighted by molar-refractivity contribution is 5.40. The molecule has 1 heterocycles. The summed E-state index contributed by atoms with van der Waals surface area (Å²) in [4.78, 5) is 2.57. The number of phenols is 1. The van der Waals surface area contributed by atoms with E-state index in [9.17, 15) is 5.11 Å². The maximum atomic E-state index is 9.56. The lowest BCUT2D eigenvalue weighted by molar-refractivity contribution is -0.0726. The quantitative estimate of drug-likeness (QED) is 0.827. The first-order valence-corrected chi connectivity index (χ1v) is 6.74. The van der Waals surface area contributed by atoms with Crippen LogP contribution >= 0.6 is 0 Å². The number of nitrogens with zero attached hydrogens (tertiary/aromatic N) is 1. The van der Waals surface area contributed by atoms with Crippen LogP contribution in [0, 0.1) is 0 Å². The molecular weight excluding hydrogens is 226 g/mol. The molecule has 1 saturated heterocycles. The van der Waals surface area contributed by atoms with Crippen molar-refractivity contribution in [2.45, 2.75) is 38.3 Å². The smallest absolute Gasteiger partial charge is 0.115 e. The number of phenolic OH excluding ortho intramolecular Hbond substituents is 1. The molecule has 0 aromatic heterocycles. The Bertz CT molecular complexity index is 456. The van der Waals surface area contributed by atoms with Gasteiger partial charge in [0.15, 0.2) is 0 Å². The molecule has 18 heavy (non-hydrogen) atoms. The lowest BCUT2D eigenvalue weighted by Crippen LogP contribution is -2.53. The molecule has 0 amide bonds. The summed E-state index contributed by atoms with van der Waals surface area (Å²) in [6.45, 7) is 7.14. The van der Waals surface area contributed by atoms with E-state index in [1.165, 1.54) is 11.1 Å². The summed E-state index contributed by atoms with van der Waals surface area (Å²) in [5, 5.41) is 9.56. The number of benzene rings is 1. The summed E-state index contributed by atoms with van der Waals surface area (Å²) in [6.07, 6.45) is 2.23. The zero-order valence-electron chi connectivity index (χ0n) is 11.1. The van der Waals surface area contributed by atoms with Crippen LogP contribution < -0.4 is 0 Å². The molecule has 3 rings (SSSR count). The average molecular weight is 247 g/mol. The van der Waals surface area contributed by atoms with Gasteiger partial charge >= 0.3 is 0 Å². The van der Waals surface area contributed by atoms with Gasteiger partial charge in [-0.2, -0.15) is 0 Å². The normalized spacial score (nSPS) is 27.1. The highest BCUT2D eigenvalue weighted by Crippen LogP contribution is 2.41. The maximum absolute atomic E-state index is 9.56. The van der Waals surface area contributed by atoms with Crippen molar-refractivity contribution in [1.29, 1.82) is 0 Å². The largest absolute Gasteiger partial charge is 0.508 e. The van der Waals surface area contributed by atoms with Crippen LogP contribution in [0.5, 0.6) is 5.75 Å². The van der Waals surface area contributed by atoms with E-state index < -0.39 is 0 Å². The minimum atomic E-state index is 0.0996. The van der Waals surface area contributed by atoms with Gasteiger partial charge in [0.25, 0.3) is 0 Å². The number of ether oxygens (including phenoxy) is 1. The molecule has 1 N–H and O–H groups in total. The summed E-state index contributed by atoms with van der Waals surface area (Å²) in [5.41, 5.74) is 2.80. The fraction of sp³-hybridized carbons (Fsp3) is 0.600. The van der Waals surface area contributed by atoms with E-state index in [0.717, 1.165) is 32.6 Å². The van der Waals surface area contributed by atoms with E-state index in [0.29, 0.717) is 11.8 Å². The van der Waals surface area contributed by atoms with Crippen LogP contribution in [0.4, 0.5) is 0 Å². The molecular formula is C15H21NO2. The van der Waals surface area contributed by atoms with Gasteiger partial charge in [-0.1, -0.05) is 6.07 Å². The predicted octanol–water partition coefficient (Wildman–Crippen LogP) is 2.49. The topological polar surface area (TPSA) is 32.7 Å². The first-order chi connectivity index (χ1) is 8.58. The SMILES string of the molecule is CC1(C)COCCN1C1CCc2cc(O)ccc21. The fourth-order valence-electron chi connectivity index (χ4n) is 3.35. The summed E-state index contributed by atoms with van der Waals surface area (Å²) in [5.74, 6) is 0.385. The van der Waals surface area contributed by atoms with Gasteiger partial charge in [-0.25, -0.2) is 0 Å². The first kappa shape index (κ1) is 12.0. The number of morpholine rings is 1. The Morgan fingerprint density at radius 2 is 2.22 bits per heavy atom. The molecule has 98 valence electrons. The lowest BCUT2D eigenvalue weighted by Gasteiger charge is -2.46. The van der Waals surface area contributed by atoms with Crippen molar-refractivity contribution in [2.75, 3.05) is 19.8 Å². The Balaban J connectivity index is 1.91.